The van der Waals surface area contributed by atoms with Gasteiger partial charge in [-0.25, -0.2) is 0 Å². The van der Waals surface area contributed by atoms with Gasteiger partial charge in [0.1, 0.15) is 0 Å². The van der Waals surface area contributed by atoms with E-state index in [0.29, 0.717) is 32.1 Å². The van der Waals surface area contributed by atoms with Crippen molar-refractivity contribution in [2.24, 2.45) is 22.7 Å². The number of halogens is 2. The van der Waals surface area contributed by atoms with E-state index in [4.69, 9.17) is 4.55 Å². The first-order valence-corrected chi connectivity index (χ1v) is 11.2. The largest absolute Gasteiger partial charge is 0.430 e. The van der Waals surface area contributed by atoms with Gasteiger partial charge in [0.15, 0.2) is 0 Å². The smallest absolute Gasteiger partial charge is 0.427 e. The fourth-order valence-corrected chi connectivity index (χ4v) is 7.26. The molecule has 0 radical (unpaired) electrons. The van der Waals surface area contributed by atoms with Crippen LogP contribution in [-0.2, 0) is 19.6 Å². The van der Waals surface area contributed by atoms with Crippen molar-refractivity contribution < 1.29 is 41.5 Å². The van der Waals surface area contributed by atoms with E-state index >= 15 is 0 Å². The average Bonchev–Trinajstić information content (AvgIpc) is 3.01. The van der Waals surface area contributed by atoms with Crippen LogP contribution in [0.5, 0.6) is 0 Å². The molecule has 0 heterocycles. The molecule has 5 rings (SSSR count). The average molecular weight is 424 g/mol. The molecule has 5 fully saturated rings. The first-order valence-electron chi connectivity index (χ1n) is 9.79. The molecule has 0 amide bonds. The van der Waals surface area contributed by atoms with Gasteiger partial charge in [0.05, 0.1) is 11.0 Å². The van der Waals surface area contributed by atoms with Crippen molar-refractivity contribution >= 4 is 16.1 Å². The Kier molecular flexibility index (Phi) is 4.44. The van der Waals surface area contributed by atoms with Gasteiger partial charge in [-0.05, 0) is 63.2 Å². The van der Waals surface area contributed by atoms with E-state index in [-0.39, 0.29) is 11.8 Å². The summed E-state index contributed by atoms with van der Waals surface area (Å²) in [6.45, 7) is 0. The second kappa shape index (κ2) is 6.09. The van der Waals surface area contributed by atoms with Gasteiger partial charge in [0.2, 0.25) is 0 Å². The second-order valence-electron chi connectivity index (χ2n) is 9.55. The molecule has 0 spiro atoms. The monoisotopic (exact) mass is 424 g/mol. The van der Waals surface area contributed by atoms with Crippen LogP contribution in [0.4, 0.5) is 8.78 Å². The second-order valence-corrected chi connectivity index (χ2v) is 11.0. The third-order valence-corrected chi connectivity index (χ3v) is 8.65. The number of aliphatic hydroxyl groups excluding tert-OH is 1. The third kappa shape index (κ3) is 2.82. The van der Waals surface area contributed by atoms with Crippen LogP contribution < -0.4 is 0 Å². The Labute approximate surface area is 162 Å². The summed E-state index contributed by atoms with van der Waals surface area (Å²) in [7, 11) is -5.94. The topological polar surface area (TPSA) is 121 Å². The maximum atomic E-state index is 13.6. The van der Waals surface area contributed by atoms with Crippen molar-refractivity contribution in [3.05, 3.63) is 0 Å². The molecule has 0 aliphatic heterocycles. The Morgan fingerprint density at radius 2 is 1.64 bits per heavy atom. The quantitative estimate of drug-likeness (QED) is 0.351. The molecule has 0 saturated heterocycles. The molecule has 5 aliphatic rings. The van der Waals surface area contributed by atoms with Gasteiger partial charge in [0.25, 0.3) is 6.29 Å². The van der Waals surface area contributed by atoms with Crippen LogP contribution >= 0.6 is 0 Å². The highest BCUT2D eigenvalue weighted by Crippen LogP contribution is 2.70. The molecule has 10 heteroatoms. The standard InChI is InChI=1S/C18H26F2O7S/c19-18(20,28(24,25)26)14(22)27-13(21)15-6-11-5-12(7-15)9-16(8-11,10-15)17(23)3-1-2-4-17/h11-12,14,22-23H,1-10H2,(H,24,25,26). The molecule has 4 bridgehead atoms. The third-order valence-electron chi connectivity index (χ3n) is 7.76. The zero-order chi connectivity index (χ0) is 20.6. The normalized spacial score (nSPS) is 40.5. The summed E-state index contributed by atoms with van der Waals surface area (Å²) >= 11 is 0. The highest BCUT2D eigenvalue weighted by Gasteiger charge is 2.67. The van der Waals surface area contributed by atoms with Crippen LogP contribution in [0.15, 0.2) is 0 Å². The molecule has 0 aromatic heterocycles. The Morgan fingerprint density at radius 1 is 1.11 bits per heavy atom. The molecule has 3 unspecified atom stereocenters. The highest BCUT2D eigenvalue weighted by molar-refractivity contribution is 7.86. The molecule has 3 atom stereocenters. The van der Waals surface area contributed by atoms with E-state index < -0.39 is 44.1 Å². The fourth-order valence-electron chi connectivity index (χ4n) is 6.96. The van der Waals surface area contributed by atoms with Crippen molar-refractivity contribution in [1.29, 1.82) is 0 Å². The number of carbonyl (C=O) groups is 1. The lowest BCUT2D eigenvalue weighted by atomic mass is 9.40. The number of esters is 1. The molecule has 0 aromatic carbocycles. The molecular weight excluding hydrogens is 398 g/mol. The van der Waals surface area contributed by atoms with Gasteiger partial charge >= 0.3 is 21.3 Å². The van der Waals surface area contributed by atoms with Crippen molar-refractivity contribution in [3.8, 4) is 0 Å². The molecular formula is C18H26F2O7S. The number of carbonyl (C=O) groups excluding carboxylic acids is 1. The van der Waals surface area contributed by atoms with Crippen LogP contribution in [-0.4, -0.2) is 46.3 Å². The number of rotatable bonds is 5. The first-order chi connectivity index (χ1) is 12.8. The predicted octanol–water partition coefficient (Wildman–Crippen LogP) is 2.22. The van der Waals surface area contributed by atoms with E-state index in [9.17, 15) is 32.2 Å². The fraction of sp³-hybridized carbons (Fsp3) is 0.944. The maximum absolute atomic E-state index is 13.6. The first kappa shape index (κ1) is 20.4. The zero-order valence-corrected chi connectivity index (χ0v) is 16.3. The van der Waals surface area contributed by atoms with Crippen LogP contribution in [0.2, 0.25) is 0 Å². The lowest BCUT2D eigenvalue weighted by molar-refractivity contribution is -0.241. The van der Waals surface area contributed by atoms with Gasteiger partial charge < -0.3 is 14.9 Å². The Balaban J connectivity index is 1.60. The molecule has 7 nitrogen and oxygen atoms in total. The van der Waals surface area contributed by atoms with E-state index in [1.807, 2.05) is 0 Å². The highest BCUT2D eigenvalue weighted by atomic mass is 32.2. The number of alkyl halides is 2. The summed E-state index contributed by atoms with van der Waals surface area (Å²) in [5, 5.41) is 15.9. The van der Waals surface area contributed by atoms with Crippen LogP contribution in [0, 0.1) is 22.7 Å². The number of hydrogen-bond acceptors (Lipinski definition) is 6. The van der Waals surface area contributed by atoms with E-state index in [0.717, 1.165) is 32.1 Å². The summed E-state index contributed by atoms with van der Waals surface area (Å²) in [6, 6.07) is 0. The number of hydrogen-bond donors (Lipinski definition) is 3. The Hall–Kier alpha value is -0.840. The summed E-state index contributed by atoms with van der Waals surface area (Å²) in [5.41, 5.74) is -2.46. The molecule has 160 valence electrons. The minimum absolute atomic E-state index is 0.164. The minimum atomic E-state index is -5.94. The summed E-state index contributed by atoms with van der Waals surface area (Å²) in [4.78, 5) is 12.9. The van der Waals surface area contributed by atoms with Gasteiger partial charge in [-0.1, -0.05) is 12.8 Å². The lowest BCUT2D eigenvalue weighted by Gasteiger charge is -2.64. The van der Waals surface area contributed by atoms with Crippen molar-refractivity contribution in [3.63, 3.8) is 0 Å². The van der Waals surface area contributed by atoms with Crippen LogP contribution in [0.3, 0.4) is 0 Å². The molecule has 5 saturated carbocycles. The van der Waals surface area contributed by atoms with Crippen LogP contribution in [0.25, 0.3) is 0 Å². The number of aliphatic hydroxyl groups is 2. The molecule has 5 aliphatic carbocycles. The molecule has 0 aromatic rings. The zero-order valence-electron chi connectivity index (χ0n) is 15.4. The van der Waals surface area contributed by atoms with Gasteiger partial charge in [-0.15, -0.1) is 0 Å². The Morgan fingerprint density at radius 3 is 2.14 bits per heavy atom. The molecule has 28 heavy (non-hydrogen) atoms. The van der Waals surface area contributed by atoms with Crippen molar-refractivity contribution in [2.45, 2.75) is 81.4 Å². The van der Waals surface area contributed by atoms with Crippen LogP contribution in [0.1, 0.15) is 64.2 Å². The SMILES string of the molecule is O=C(OC(O)C(F)(F)S(=O)(=O)O)C12CC3CC(C1)CC(C1(O)CCCC1)(C3)C2. The lowest BCUT2D eigenvalue weighted by Crippen LogP contribution is -2.63. The minimum Gasteiger partial charge on any atom is -0.427 e. The summed E-state index contributed by atoms with van der Waals surface area (Å²) in [5.74, 6) is -0.737. The molecule has 3 N–H and O–H groups in total. The van der Waals surface area contributed by atoms with Crippen molar-refractivity contribution in [1.82, 2.24) is 0 Å². The van der Waals surface area contributed by atoms with E-state index in [1.165, 1.54) is 0 Å². The summed E-state index contributed by atoms with van der Waals surface area (Å²) < 4.78 is 62.0. The maximum Gasteiger partial charge on any atom is 0.430 e. The number of ether oxygens (including phenoxy) is 1. The van der Waals surface area contributed by atoms with Gasteiger partial charge in [0, 0.05) is 5.41 Å². The van der Waals surface area contributed by atoms with E-state index in [1.54, 1.807) is 0 Å². The van der Waals surface area contributed by atoms with Gasteiger partial charge in [-0.3, -0.25) is 9.35 Å². The Bertz CT molecular complexity index is 761. The predicted molar refractivity (Wildman–Crippen MR) is 91.6 cm³/mol. The summed E-state index contributed by atoms with van der Waals surface area (Å²) in [6.07, 6.45) is 3.47. The van der Waals surface area contributed by atoms with Gasteiger partial charge in [-0.2, -0.15) is 17.2 Å². The van der Waals surface area contributed by atoms with E-state index in [2.05, 4.69) is 4.74 Å². The van der Waals surface area contributed by atoms with Crippen molar-refractivity contribution in [2.75, 3.05) is 0 Å².